The van der Waals surface area contributed by atoms with Crippen molar-refractivity contribution in [3.8, 4) is 5.75 Å². The predicted octanol–water partition coefficient (Wildman–Crippen LogP) is 2.06. The molecule has 154 valence electrons. The topological polar surface area (TPSA) is 97.8 Å². The van der Waals surface area contributed by atoms with Crippen LogP contribution in [0.2, 0.25) is 0 Å². The van der Waals surface area contributed by atoms with Crippen molar-refractivity contribution in [1.82, 2.24) is 4.57 Å². The summed E-state index contributed by atoms with van der Waals surface area (Å²) >= 11 is 0. The molecule has 9 heteroatoms. The maximum absolute atomic E-state index is 15.3. The molecule has 2 heterocycles. The highest BCUT2D eigenvalue weighted by Crippen LogP contribution is 2.61. The number of ether oxygens (including phenoxy) is 1. The quantitative estimate of drug-likeness (QED) is 0.790. The number of methoxy groups -OCH3 is 1. The number of carboxylic acid groups (broad SMARTS) is 1. The Balaban J connectivity index is 1.78. The normalized spacial score (nSPS) is 27.9. The van der Waals surface area contributed by atoms with E-state index in [1.165, 1.54) is 13.3 Å². The van der Waals surface area contributed by atoms with E-state index in [-0.39, 0.29) is 29.4 Å². The molecule has 2 saturated carbocycles. The number of halogens is 2. The van der Waals surface area contributed by atoms with Gasteiger partial charge in [-0.05, 0) is 25.3 Å². The lowest BCUT2D eigenvalue weighted by Gasteiger charge is -2.26. The van der Waals surface area contributed by atoms with Gasteiger partial charge in [0.2, 0.25) is 5.43 Å². The molecule has 0 amide bonds. The van der Waals surface area contributed by atoms with E-state index in [9.17, 15) is 19.1 Å². The minimum Gasteiger partial charge on any atom is -0.492 e. The molecule has 3 N–H and O–H groups in total. The SMILES string of the molecule is COc1c(N2CC[C@]3(CN)C2[C@@H]3F)c(F)cc2c(=O)c(C(=O)O)cn(C3CC3)c12. The molecular weight excluding hydrogens is 384 g/mol. The average Bonchev–Trinajstić information content (AvgIpc) is 3.58. The van der Waals surface area contributed by atoms with E-state index in [2.05, 4.69) is 0 Å². The van der Waals surface area contributed by atoms with Crippen molar-refractivity contribution in [3.05, 3.63) is 33.9 Å². The van der Waals surface area contributed by atoms with E-state index < -0.39 is 40.4 Å². The number of carboxylic acids is 1. The maximum atomic E-state index is 15.3. The number of aromatic carboxylic acids is 1. The predicted molar refractivity (Wildman–Crippen MR) is 102 cm³/mol. The molecule has 3 atom stereocenters. The van der Waals surface area contributed by atoms with Gasteiger partial charge < -0.3 is 25.0 Å². The Morgan fingerprint density at radius 1 is 1.45 bits per heavy atom. The molecule has 0 spiro atoms. The zero-order valence-electron chi connectivity index (χ0n) is 15.8. The molecule has 0 bridgehead atoms. The van der Waals surface area contributed by atoms with Crippen LogP contribution in [0.5, 0.6) is 5.75 Å². The van der Waals surface area contributed by atoms with Crippen molar-refractivity contribution in [2.24, 2.45) is 11.1 Å². The summed E-state index contributed by atoms with van der Waals surface area (Å²) in [6.07, 6.45) is 2.33. The zero-order valence-corrected chi connectivity index (χ0v) is 15.8. The number of nitrogens with two attached hydrogens (primary N) is 1. The molecule has 2 aromatic rings. The van der Waals surface area contributed by atoms with Gasteiger partial charge in [-0.15, -0.1) is 0 Å². The highest BCUT2D eigenvalue weighted by Gasteiger charge is 2.71. The fraction of sp³-hybridized carbons (Fsp3) is 0.500. The van der Waals surface area contributed by atoms with Crippen LogP contribution in [-0.2, 0) is 0 Å². The van der Waals surface area contributed by atoms with Gasteiger partial charge in [-0.25, -0.2) is 13.6 Å². The third-order valence-electron chi connectivity index (χ3n) is 6.70. The van der Waals surface area contributed by atoms with Crippen molar-refractivity contribution in [2.45, 2.75) is 37.5 Å². The second-order valence-electron chi connectivity index (χ2n) is 8.18. The summed E-state index contributed by atoms with van der Waals surface area (Å²) in [5.41, 5.74) is 4.41. The number of pyridine rings is 1. The first kappa shape index (κ1) is 18.4. The van der Waals surface area contributed by atoms with Gasteiger partial charge in [0.05, 0.1) is 24.1 Å². The van der Waals surface area contributed by atoms with Gasteiger partial charge >= 0.3 is 5.97 Å². The number of nitrogens with zero attached hydrogens (tertiary/aromatic N) is 2. The molecule has 1 aromatic carbocycles. The lowest BCUT2D eigenvalue weighted by molar-refractivity contribution is 0.0695. The van der Waals surface area contributed by atoms with Crippen LogP contribution < -0.4 is 20.8 Å². The van der Waals surface area contributed by atoms with E-state index in [0.717, 1.165) is 18.9 Å². The highest BCUT2D eigenvalue weighted by atomic mass is 19.1. The maximum Gasteiger partial charge on any atom is 0.341 e. The lowest BCUT2D eigenvalue weighted by Crippen LogP contribution is -2.28. The molecule has 1 aromatic heterocycles. The minimum absolute atomic E-state index is 0.0139. The standard InChI is InChI=1S/C20H21F2N3O4/c1-29-16-13-10(15(26)11(19(27)28)7-25(13)9-2-3-9)6-12(21)14(16)24-5-4-20(8-23)17(22)18(20)24/h6-7,9,17-18H,2-5,8,23H2,1H3,(H,27,28)/t17-,18?,20+/m0/s1. The molecular formula is C20H21F2N3O4. The number of piperidine rings is 1. The van der Waals surface area contributed by atoms with Gasteiger partial charge in [0.1, 0.15) is 17.4 Å². The lowest BCUT2D eigenvalue weighted by atomic mass is 10.0. The van der Waals surface area contributed by atoms with Crippen molar-refractivity contribution in [3.63, 3.8) is 0 Å². The third kappa shape index (κ3) is 2.30. The Bertz CT molecular complexity index is 1110. The third-order valence-corrected chi connectivity index (χ3v) is 6.70. The molecule has 3 fully saturated rings. The van der Waals surface area contributed by atoms with Crippen LogP contribution in [0.15, 0.2) is 17.1 Å². The smallest absolute Gasteiger partial charge is 0.341 e. The fourth-order valence-corrected chi connectivity index (χ4v) is 4.93. The van der Waals surface area contributed by atoms with Gasteiger partial charge in [0.15, 0.2) is 11.6 Å². The summed E-state index contributed by atoms with van der Waals surface area (Å²) < 4.78 is 37.0. The summed E-state index contributed by atoms with van der Waals surface area (Å²) in [5, 5.41) is 9.35. The molecule has 1 unspecified atom stereocenters. The fourth-order valence-electron chi connectivity index (χ4n) is 4.93. The number of hydrogen-bond acceptors (Lipinski definition) is 5. The first-order valence-electron chi connectivity index (χ1n) is 9.65. The number of rotatable bonds is 5. The van der Waals surface area contributed by atoms with Crippen molar-refractivity contribution < 1.29 is 23.4 Å². The van der Waals surface area contributed by atoms with Crippen molar-refractivity contribution >= 4 is 22.6 Å². The van der Waals surface area contributed by atoms with Crippen molar-refractivity contribution in [2.75, 3.05) is 25.1 Å². The van der Waals surface area contributed by atoms with Crippen LogP contribution in [0.25, 0.3) is 10.9 Å². The Morgan fingerprint density at radius 3 is 2.69 bits per heavy atom. The van der Waals surface area contributed by atoms with Gasteiger partial charge in [0.25, 0.3) is 0 Å². The van der Waals surface area contributed by atoms with Crippen LogP contribution >= 0.6 is 0 Å². The monoisotopic (exact) mass is 405 g/mol. The van der Waals surface area contributed by atoms with E-state index in [1.807, 2.05) is 0 Å². The molecule has 1 aliphatic heterocycles. The Labute approximate surface area is 164 Å². The van der Waals surface area contributed by atoms with Gasteiger partial charge in [0, 0.05) is 30.7 Å². The first-order valence-corrected chi connectivity index (χ1v) is 9.65. The van der Waals surface area contributed by atoms with Crippen LogP contribution in [0.3, 0.4) is 0 Å². The zero-order chi connectivity index (χ0) is 20.7. The summed E-state index contributed by atoms with van der Waals surface area (Å²) in [5.74, 6) is -1.96. The summed E-state index contributed by atoms with van der Waals surface area (Å²) in [7, 11) is 1.37. The summed E-state index contributed by atoms with van der Waals surface area (Å²) in [4.78, 5) is 25.9. The summed E-state index contributed by atoms with van der Waals surface area (Å²) in [6.45, 7) is 0.615. The highest BCUT2D eigenvalue weighted by molar-refractivity contribution is 5.97. The average molecular weight is 405 g/mol. The van der Waals surface area contributed by atoms with Crippen LogP contribution in [0.4, 0.5) is 14.5 Å². The number of alkyl halides is 1. The van der Waals surface area contributed by atoms with Gasteiger partial charge in [-0.1, -0.05) is 0 Å². The molecule has 29 heavy (non-hydrogen) atoms. The Kier molecular flexibility index (Phi) is 3.74. The number of aromatic nitrogens is 1. The Morgan fingerprint density at radius 2 is 2.17 bits per heavy atom. The summed E-state index contributed by atoms with van der Waals surface area (Å²) in [6, 6.07) is 0.548. The van der Waals surface area contributed by atoms with E-state index in [0.29, 0.717) is 18.5 Å². The largest absolute Gasteiger partial charge is 0.492 e. The molecule has 5 rings (SSSR count). The second-order valence-corrected chi connectivity index (χ2v) is 8.18. The minimum atomic E-state index is -1.36. The number of anilines is 1. The first-order chi connectivity index (χ1) is 13.9. The van der Waals surface area contributed by atoms with Crippen LogP contribution in [0.1, 0.15) is 35.7 Å². The van der Waals surface area contributed by atoms with E-state index in [1.54, 1.807) is 9.47 Å². The molecule has 3 aliphatic rings. The number of benzene rings is 1. The van der Waals surface area contributed by atoms with E-state index in [4.69, 9.17) is 10.5 Å². The van der Waals surface area contributed by atoms with Crippen molar-refractivity contribution in [1.29, 1.82) is 0 Å². The molecule has 2 aliphatic carbocycles. The molecule has 0 radical (unpaired) electrons. The second kappa shape index (κ2) is 5.91. The van der Waals surface area contributed by atoms with Crippen LogP contribution in [-0.4, -0.2) is 48.1 Å². The van der Waals surface area contributed by atoms with Gasteiger partial charge in [-0.2, -0.15) is 0 Å². The number of hydrogen-bond donors (Lipinski definition) is 2. The molecule has 1 saturated heterocycles. The Hall–Kier alpha value is -2.68. The van der Waals surface area contributed by atoms with Gasteiger partial charge in [-0.3, -0.25) is 4.79 Å². The number of carbonyl (C=O) groups is 1. The van der Waals surface area contributed by atoms with E-state index >= 15 is 4.39 Å². The number of fused-ring (bicyclic) bond motifs is 2. The molecule has 7 nitrogen and oxygen atoms in total. The van der Waals surface area contributed by atoms with Crippen LogP contribution in [0, 0.1) is 11.2 Å².